The maximum atomic E-state index is 5.77. The smallest absolute Gasteiger partial charge is 0.167 e. The van der Waals surface area contributed by atoms with Crippen LogP contribution >= 0.6 is 11.8 Å². The van der Waals surface area contributed by atoms with E-state index in [2.05, 4.69) is 4.98 Å². The fraction of sp³-hybridized carbons (Fsp3) is 0.250. The molecule has 0 saturated carbocycles. The van der Waals surface area contributed by atoms with Gasteiger partial charge in [0, 0.05) is 25.2 Å². The van der Waals surface area contributed by atoms with Gasteiger partial charge in [-0.1, -0.05) is 23.9 Å². The molecule has 0 aliphatic carbocycles. The number of aryl methyl sites for hydroxylation is 1. The average molecular weight is 249 g/mol. The summed E-state index contributed by atoms with van der Waals surface area (Å²) in [6.45, 7) is 0.617. The number of aromatic nitrogens is 2. The van der Waals surface area contributed by atoms with E-state index in [1.54, 1.807) is 18.0 Å². The van der Waals surface area contributed by atoms with Crippen molar-refractivity contribution in [1.82, 2.24) is 9.55 Å². The van der Waals surface area contributed by atoms with Crippen LogP contribution in [-0.4, -0.2) is 21.9 Å². The van der Waals surface area contributed by atoms with E-state index < -0.39 is 0 Å². The van der Waals surface area contributed by atoms with Gasteiger partial charge in [-0.3, -0.25) is 0 Å². The highest BCUT2D eigenvalue weighted by Gasteiger charge is 2.01. The normalized spacial score (nSPS) is 10.4. The van der Waals surface area contributed by atoms with Crippen molar-refractivity contribution >= 4 is 17.4 Å². The molecule has 2 aromatic rings. The lowest BCUT2D eigenvalue weighted by Gasteiger charge is -2.07. The van der Waals surface area contributed by atoms with E-state index in [0.29, 0.717) is 12.3 Å². The molecule has 1 heterocycles. The van der Waals surface area contributed by atoms with Crippen molar-refractivity contribution in [1.29, 1.82) is 0 Å². The van der Waals surface area contributed by atoms with Crippen LogP contribution in [0.3, 0.4) is 0 Å². The van der Waals surface area contributed by atoms with E-state index >= 15 is 0 Å². The van der Waals surface area contributed by atoms with Crippen molar-refractivity contribution < 1.29 is 4.74 Å². The quantitative estimate of drug-likeness (QED) is 0.501. The molecule has 5 heteroatoms. The SMILES string of the molecule is Cn1ccnc1SCCOc1ccccc1N. The third kappa shape index (κ3) is 3.17. The number of hydrogen-bond acceptors (Lipinski definition) is 4. The standard InChI is InChI=1S/C12H15N3OS/c1-15-7-6-14-12(15)17-9-8-16-11-5-3-2-4-10(11)13/h2-7H,8-9,13H2,1H3. The zero-order valence-electron chi connectivity index (χ0n) is 9.67. The average Bonchev–Trinajstić information content (AvgIpc) is 2.73. The summed E-state index contributed by atoms with van der Waals surface area (Å²) in [4.78, 5) is 4.22. The van der Waals surface area contributed by atoms with Crippen LogP contribution in [0.2, 0.25) is 0 Å². The molecule has 0 saturated heterocycles. The molecule has 4 nitrogen and oxygen atoms in total. The van der Waals surface area contributed by atoms with Crippen molar-refractivity contribution in [3.8, 4) is 5.75 Å². The van der Waals surface area contributed by atoms with Crippen molar-refractivity contribution in [2.45, 2.75) is 5.16 Å². The molecule has 0 fully saturated rings. The Hall–Kier alpha value is -1.62. The van der Waals surface area contributed by atoms with Gasteiger partial charge in [0.05, 0.1) is 12.3 Å². The van der Waals surface area contributed by atoms with E-state index in [9.17, 15) is 0 Å². The maximum absolute atomic E-state index is 5.77. The van der Waals surface area contributed by atoms with Gasteiger partial charge < -0.3 is 15.0 Å². The Bertz CT molecular complexity index is 484. The molecule has 0 aliphatic heterocycles. The fourth-order valence-corrected chi connectivity index (χ4v) is 2.14. The highest BCUT2D eigenvalue weighted by atomic mass is 32.2. The van der Waals surface area contributed by atoms with Crippen LogP contribution in [0, 0.1) is 0 Å². The van der Waals surface area contributed by atoms with Crippen molar-refractivity contribution in [3.63, 3.8) is 0 Å². The molecule has 0 unspecified atom stereocenters. The number of rotatable bonds is 5. The first-order chi connectivity index (χ1) is 8.27. The monoisotopic (exact) mass is 249 g/mol. The van der Waals surface area contributed by atoms with Crippen LogP contribution in [0.4, 0.5) is 5.69 Å². The Labute approximate surface area is 105 Å². The van der Waals surface area contributed by atoms with Crippen LogP contribution in [0.1, 0.15) is 0 Å². The number of nitrogen functional groups attached to an aromatic ring is 1. The predicted octanol–water partition coefficient (Wildman–Crippen LogP) is 2.17. The molecular weight excluding hydrogens is 234 g/mol. The van der Waals surface area contributed by atoms with Crippen LogP contribution in [-0.2, 0) is 7.05 Å². The second kappa shape index (κ2) is 5.63. The van der Waals surface area contributed by atoms with Gasteiger partial charge in [0.15, 0.2) is 5.16 Å². The Kier molecular flexibility index (Phi) is 3.93. The minimum atomic E-state index is 0.617. The van der Waals surface area contributed by atoms with E-state index in [1.807, 2.05) is 42.1 Å². The molecule has 1 aromatic heterocycles. The van der Waals surface area contributed by atoms with E-state index in [1.165, 1.54) is 0 Å². The van der Waals surface area contributed by atoms with Crippen molar-refractivity contribution in [2.24, 2.45) is 7.05 Å². The molecule has 17 heavy (non-hydrogen) atoms. The lowest BCUT2D eigenvalue weighted by Crippen LogP contribution is -2.03. The van der Waals surface area contributed by atoms with Crippen LogP contribution in [0.25, 0.3) is 0 Å². The summed E-state index contributed by atoms with van der Waals surface area (Å²) >= 11 is 1.66. The first-order valence-corrected chi connectivity index (χ1v) is 6.33. The van der Waals surface area contributed by atoms with E-state index in [-0.39, 0.29) is 0 Å². The van der Waals surface area contributed by atoms with Gasteiger partial charge in [-0.2, -0.15) is 0 Å². The molecule has 1 aromatic carbocycles. The molecule has 0 radical (unpaired) electrons. The maximum Gasteiger partial charge on any atom is 0.167 e. The summed E-state index contributed by atoms with van der Waals surface area (Å²) in [5.74, 6) is 1.59. The van der Waals surface area contributed by atoms with Crippen LogP contribution in [0.5, 0.6) is 5.75 Å². The topological polar surface area (TPSA) is 53.1 Å². The Morgan fingerprint density at radius 1 is 1.41 bits per heavy atom. The summed E-state index contributed by atoms with van der Waals surface area (Å²) < 4.78 is 7.58. The van der Waals surface area contributed by atoms with Gasteiger partial charge in [0.25, 0.3) is 0 Å². The zero-order valence-corrected chi connectivity index (χ0v) is 10.5. The largest absolute Gasteiger partial charge is 0.491 e. The Balaban J connectivity index is 1.77. The molecule has 0 amide bonds. The third-order valence-corrected chi connectivity index (χ3v) is 3.29. The minimum absolute atomic E-state index is 0.617. The summed E-state index contributed by atoms with van der Waals surface area (Å²) in [5.41, 5.74) is 6.45. The second-order valence-electron chi connectivity index (χ2n) is 3.56. The minimum Gasteiger partial charge on any atom is -0.491 e. The highest BCUT2D eigenvalue weighted by molar-refractivity contribution is 7.99. The first-order valence-electron chi connectivity index (χ1n) is 5.35. The van der Waals surface area contributed by atoms with Gasteiger partial charge in [-0.25, -0.2) is 4.98 Å². The number of benzene rings is 1. The predicted molar refractivity (Wildman–Crippen MR) is 70.3 cm³/mol. The van der Waals surface area contributed by atoms with Crippen LogP contribution in [0.15, 0.2) is 41.8 Å². The Morgan fingerprint density at radius 2 is 2.24 bits per heavy atom. The first kappa shape index (κ1) is 11.9. The number of nitrogens with zero attached hydrogens (tertiary/aromatic N) is 2. The van der Waals surface area contributed by atoms with Gasteiger partial charge in [-0.05, 0) is 12.1 Å². The van der Waals surface area contributed by atoms with Crippen LogP contribution < -0.4 is 10.5 Å². The number of nitrogens with two attached hydrogens (primary N) is 1. The molecule has 2 rings (SSSR count). The van der Waals surface area contributed by atoms with E-state index in [0.717, 1.165) is 16.7 Å². The lowest BCUT2D eigenvalue weighted by molar-refractivity contribution is 0.345. The highest BCUT2D eigenvalue weighted by Crippen LogP contribution is 2.20. The summed E-state index contributed by atoms with van der Waals surface area (Å²) in [6.07, 6.45) is 3.72. The molecule has 0 atom stereocenters. The van der Waals surface area contributed by atoms with Gasteiger partial charge in [0.1, 0.15) is 5.75 Å². The Morgan fingerprint density at radius 3 is 2.94 bits per heavy atom. The molecule has 0 aliphatic rings. The number of thioether (sulfide) groups is 1. The zero-order chi connectivity index (χ0) is 12.1. The summed E-state index contributed by atoms with van der Waals surface area (Å²) in [7, 11) is 1.98. The number of hydrogen-bond donors (Lipinski definition) is 1. The molecule has 0 bridgehead atoms. The molecular formula is C12H15N3OS. The van der Waals surface area contributed by atoms with E-state index in [4.69, 9.17) is 10.5 Å². The molecule has 90 valence electrons. The van der Waals surface area contributed by atoms with Gasteiger partial charge in [-0.15, -0.1) is 0 Å². The number of imidazole rings is 1. The van der Waals surface area contributed by atoms with Crippen molar-refractivity contribution in [2.75, 3.05) is 18.1 Å². The summed E-state index contributed by atoms with van der Waals surface area (Å²) in [5, 5.41) is 0.995. The van der Waals surface area contributed by atoms with Crippen molar-refractivity contribution in [3.05, 3.63) is 36.7 Å². The number of anilines is 1. The molecule has 2 N–H and O–H groups in total. The second-order valence-corrected chi connectivity index (χ2v) is 4.62. The van der Waals surface area contributed by atoms with Gasteiger partial charge >= 0.3 is 0 Å². The number of ether oxygens (including phenoxy) is 1. The summed E-state index contributed by atoms with van der Waals surface area (Å²) in [6, 6.07) is 7.52. The molecule has 0 spiro atoms. The lowest BCUT2D eigenvalue weighted by atomic mass is 10.3. The number of para-hydroxylation sites is 2. The third-order valence-electron chi connectivity index (χ3n) is 2.27. The van der Waals surface area contributed by atoms with Gasteiger partial charge in [0.2, 0.25) is 0 Å². The fourth-order valence-electron chi connectivity index (χ4n) is 1.39.